The number of hydrogen-bond acceptors (Lipinski definition) is 7. The third-order valence-corrected chi connectivity index (χ3v) is 8.33. The fourth-order valence-electron chi connectivity index (χ4n) is 6.18. The van der Waals surface area contributed by atoms with Crippen molar-refractivity contribution in [2.75, 3.05) is 49.6 Å². The number of H-pyrrole nitrogens is 1. The zero-order valence-corrected chi connectivity index (χ0v) is 23.1. The van der Waals surface area contributed by atoms with Crippen LogP contribution < -0.4 is 20.5 Å². The van der Waals surface area contributed by atoms with Gasteiger partial charge < -0.3 is 24.7 Å². The summed E-state index contributed by atoms with van der Waals surface area (Å²) >= 11 is 0. The van der Waals surface area contributed by atoms with Crippen molar-refractivity contribution < 1.29 is 9.47 Å². The predicted octanol–water partition coefficient (Wildman–Crippen LogP) is 5.05. The largest absolute Gasteiger partial charge is 0.456 e. The average Bonchev–Trinajstić information content (AvgIpc) is 3.01. The minimum Gasteiger partial charge on any atom is -0.456 e. The molecule has 2 fully saturated rings. The number of likely N-dealkylation sites (tertiary alicyclic amines) is 1. The summed E-state index contributed by atoms with van der Waals surface area (Å²) in [5, 5.41) is 3.77. The predicted molar refractivity (Wildman–Crippen MR) is 161 cm³/mol. The Morgan fingerprint density at radius 3 is 2.66 bits per heavy atom. The molecule has 2 aromatic carbocycles. The van der Waals surface area contributed by atoms with E-state index in [2.05, 4.69) is 61.5 Å². The van der Waals surface area contributed by atoms with Gasteiger partial charge in [0.15, 0.2) is 0 Å². The number of rotatable bonds is 6. The second kappa shape index (κ2) is 11.4. The van der Waals surface area contributed by atoms with Crippen LogP contribution in [-0.2, 0) is 17.7 Å². The molecule has 5 heterocycles. The van der Waals surface area contributed by atoms with E-state index in [1.807, 2.05) is 30.6 Å². The molecule has 0 atom stereocenters. The average molecular weight is 550 g/mol. The van der Waals surface area contributed by atoms with Crippen LogP contribution in [0.1, 0.15) is 29.5 Å². The number of para-hydroxylation sites is 1. The summed E-state index contributed by atoms with van der Waals surface area (Å²) in [6.07, 6.45) is 6.80. The molecular weight excluding hydrogens is 514 g/mol. The van der Waals surface area contributed by atoms with Crippen LogP contribution in [0.3, 0.4) is 0 Å². The van der Waals surface area contributed by atoms with Crippen LogP contribution in [0.5, 0.6) is 11.5 Å². The molecule has 0 saturated carbocycles. The Bertz CT molecular complexity index is 1570. The number of pyridine rings is 2. The number of aromatic nitrogens is 2. The Morgan fingerprint density at radius 2 is 1.83 bits per heavy atom. The van der Waals surface area contributed by atoms with Crippen molar-refractivity contribution in [3.63, 3.8) is 0 Å². The zero-order valence-electron chi connectivity index (χ0n) is 23.1. The molecular formula is C33H35N5O3. The molecule has 3 aliphatic rings. The van der Waals surface area contributed by atoms with E-state index in [-0.39, 0.29) is 5.56 Å². The number of benzene rings is 2. The van der Waals surface area contributed by atoms with Gasteiger partial charge in [-0.15, -0.1) is 0 Å². The number of piperidine rings is 1. The number of nitrogens with zero attached hydrogens (tertiary/aromatic N) is 3. The normalized spacial score (nSPS) is 17.4. The Morgan fingerprint density at radius 1 is 0.951 bits per heavy atom. The number of nitrogens with one attached hydrogen (secondary N) is 2. The second-order valence-corrected chi connectivity index (χ2v) is 11.2. The Hall–Kier alpha value is -4.14. The Balaban J connectivity index is 1.05. The van der Waals surface area contributed by atoms with E-state index in [1.165, 1.54) is 11.1 Å². The Labute approximate surface area is 239 Å². The fourth-order valence-corrected chi connectivity index (χ4v) is 6.18. The molecule has 0 radical (unpaired) electrons. The quantitative estimate of drug-likeness (QED) is 0.307. The summed E-state index contributed by atoms with van der Waals surface area (Å²) in [7, 11) is 0. The zero-order chi connectivity index (χ0) is 27.6. The van der Waals surface area contributed by atoms with Crippen molar-refractivity contribution in [2.24, 2.45) is 0 Å². The number of aromatic amines is 1. The molecule has 41 heavy (non-hydrogen) atoms. The summed E-state index contributed by atoms with van der Waals surface area (Å²) in [5.74, 6) is 1.69. The highest BCUT2D eigenvalue weighted by atomic mass is 16.5. The van der Waals surface area contributed by atoms with Gasteiger partial charge in [0.2, 0.25) is 5.56 Å². The number of hydrogen-bond donors (Lipinski definition) is 2. The minimum absolute atomic E-state index is 0.114. The van der Waals surface area contributed by atoms with E-state index in [0.717, 1.165) is 91.7 Å². The first-order chi connectivity index (χ1) is 20.2. The SMILES string of the molecule is O=c1cc(N2CCOCC2)cc(-c2cccc3c2Oc2ccc(NC4CCN(Cc5cccnc5)CC4)cc2C3)[nH]1. The number of ether oxygens (including phenoxy) is 2. The van der Waals surface area contributed by atoms with Crippen molar-refractivity contribution in [2.45, 2.75) is 31.8 Å². The van der Waals surface area contributed by atoms with Gasteiger partial charge in [-0.25, -0.2) is 0 Å². The van der Waals surface area contributed by atoms with Crippen molar-refractivity contribution in [3.05, 3.63) is 100 Å². The summed E-state index contributed by atoms with van der Waals surface area (Å²) in [4.78, 5) is 24.6. The molecule has 2 aromatic heterocycles. The second-order valence-electron chi connectivity index (χ2n) is 11.2. The molecule has 7 rings (SSSR count). The first kappa shape index (κ1) is 25.8. The van der Waals surface area contributed by atoms with Crippen LogP contribution in [0.4, 0.5) is 11.4 Å². The van der Waals surface area contributed by atoms with Gasteiger partial charge >= 0.3 is 0 Å². The lowest BCUT2D eigenvalue weighted by Gasteiger charge is -2.33. The smallest absolute Gasteiger partial charge is 0.250 e. The van der Waals surface area contributed by atoms with Crippen LogP contribution in [0, 0.1) is 0 Å². The van der Waals surface area contributed by atoms with Gasteiger partial charge in [0.1, 0.15) is 11.5 Å². The molecule has 0 bridgehead atoms. The van der Waals surface area contributed by atoms with Crippen LogP contribution >= 0.6 is 0 Å². The van der Waals surface area contributed by atoms with Crippen molar-refractivity contribution >= 4 is 11.4 Å². The number of fused-ring (bicyclic) bond motifs is 2. The molecule has 2 saturated heterocycles. The third kappa shape index (κ3) is 5.71. The molecule has 4 aromatic rings. The first-order valence-electron chi connectivity index (χ1n) is 14.6. The highest BCUT2D eigenvalue weighted by molar-refractivity contribution is 5.74. The van der Waals surface area contributed by atoms with Crippen LogP contribution in [0.15, 0.2) is 77.9 Å². The van der Waals surface area contributed by atoms with Crippen LogP contribution in [0.25, 0.3) is 11.3 Å². The van der Waals surface area contributed by atoms with Gasteiger partial charge in [-0.2, -0.15) is 0 Å². The van der Waals surface area contributed by atoms with E-state index in [4.69, 9.17) is 9.47 Å². The van der Waals surface area contributed by atoms with Gasteiger partial charge in [0, 0.05) is 86.1 Å². The molecule has 210 valence electrons. The van der Waals surface area contributed by atoms with E-state index in [1.54, 1.807) is 6.07 Å². The fraction of sp³-hybridized carbons (Fsp3) is 0.333. The van der Waals surface area contributed by atoms with Crippen LogP contribution in [-0.4, -0.2) is 60.3 Å². The molecule has 2 N–H and O–H groups in total. The summed E-state index contributed by atoms with van der Waals surface area (Å²) in [6.45, 7) is 6.01. The monoisotopic (exact) mass is 549 g/mol. The van der Waals surface area contributed by atoms with Gasteiger partial charge in [0.05, 0.1) is 18.9 Å². The molecule has 3 aliphatic heterocycles. The van der Waals surface area contributed by atoms with E-state index < -0.39 is 0 Å². The van der Waals surface area contributed by atoms with Crippen molar-refractivity contribution in [1.29, 1.82) is 0 Å². The molecule has 0 unspecified atom stereocenters. The standard InChI is InChI=1S/C33H35N5O3/c39-32-20-28(38-13-15-40-16-14-38)19-30(36-32)29-5-1-4-24-17-25-18-27(6-7-31(25)41-33(24)29)35-26-8-11-37(12-9-26)22-23-3-2-10-34-21-23/h1-7,10,18-21,26,35H,8-9,11-17,22H2,(H,36,39). The molecule has 0 aliphatic carbocycles. The van der Waals surface area contributed by atoms with E-state index in [0.29, 0.717) is 19.3 Å². The maximum Gasteiger partial charge on any atom is 0.250 e. The lowest BCUT2D eigenvalue weighted by atomic mass is 9.95. The molecule has 8 nitrogen and oxygen atoms in total. The Kier molecular flexibility index (Phi) is 7.17. The maximum absolute atomic E-state index is 12.6. The minimum atomic E-state index is -0.114. The highest BCUT2D eigenvalue weighted by Gasteiger charge is 2.24. The third-order valence-electron chi connectivity index (χ3n) is 8.33. The molecule has 0 spiro atoms. The number of anilines is 2. The topological polar surface area (TPSA) is 82.7 Å². The lowest BCUT2D eigenvalue weighted by molar-refractivity contribution is 0.122. The van der Waals surface area contributed by atoms with E-state index >= 15 is 0 Å². The lowest BCUT2D eigenvalue weighted by Crippen LogP contribution is -2.38. The summed E-state index contributed by atoms with van der Waals surface area (Å²) < 4.78 is 12.0. The number of morpholine rings is 1. The summed E-state index contributed by atoms with van der Waals surface area (Å²) in [6, 6.07) is 20.9. The maximum atomic E-state index is 12.6. The molecule has 0 amide bonds. The van der Waals surface area contributed by atoms with E-state index in [9.17, 15) is 4.79 Å². The van der Waals surface area contributed by atoms with Crippen LogP contribution in [0.2, 0.25) is 0 Å². The first-order valence-corrected chi connectivity index (χ1v) is 14.6. The van der Waals surface area contributed by atoms with Gasteiger partial charge in [-0.3, -0.25) is 14.7 Å². The van der Waals surface area contributed by atoms with Gasteiger partial charge in [0.25, 0.3) is 0 Å². The highest BCUT2D eigenvalue weighted by Crippen LogP contribution is 2.43. The van der Waals surface area contributed by atoms with Crippen molar-refractivity contribution in [3.8, 4) is 22.8 Å². The van der Waals surface area contributed by atoms with Gasteiger partial charge in [-0.05, 0) is 60.4 Å². The summed E-state index contributed by atoms with van der Waals surface area (Å²) in [5.41, 5.74) is 7.18. The molecule has 8 heteroatoms. The van der Waals surface area contributed by atoms with Crippen molar-refractivity contribution in [1.82, 2.24) is 14.9 Å². The van der Waals surface area contributed by atoms with Gasteiger partial charge in [-0.1, -0.05) is 18.2 Å².